The molecular formula is C14H17N. The van der Waals surface area contributed by atoms with E-state index >= 15 is 0 Å². The van der Waals surface area contributed by atoms with E-state index in [1.165, 1.54) is 22.5 Å². The summed E-state index contributed by atoms with van der Waals surface area (Å²) in [7, 11) is 0. The quantitative estimate of drug-likeness (QED) is 0.756. The third-order valence-electron chi connectivity index (χ3n) is 2.78. The van der Waals surface area contributed by atoms with E-state index in [0.717, 1.165) is 19.3 Å². The third-order valence-corrected chi connectivity index (χ3v) is 2.78. The highest BCUT2D eigenvalue weighted by molar-refractivity contribution is 5.71. The molecule has 0 spiro atoms. The lowest BCUT2D eigenvalue weighted by Gasteiger charge is -2.04. The van der Waals surface area contributed by atoms with Crippen LogP contribution >= 0.6 is 0 Å². The summed E-state index contributed by atoms with van der Waals surface area (Å²) >= 11 is 0. The molecule has 78 valence electrons. The van der Waals surface area contributed by atoms with Crippen LogP contribution in [-0.2, 0) is 6.42 Å². The first-order chi connectivity index (χ1) is 7.36. The van der Waals surface area contributed by atoms with Crippen LogP contribution in [-0.4, -0.2) is 4.98 Å². The first-order valence-electron chi connectivity index (χ1n) is 5.57. The fourth-order valence-electron chi connectivity index (χ4n) is 2.04. The molecule has 2 rings (SSSR count). The maximum absolute atomic E-state index is 3.90. The van der Waals surface area contributed by atoms with Gasteiger partial charge >= 0.3 is 0 Å². The second-order valence-electron chi connectivity index (χ2n) is 3.80. The molecule has 0 bridgehead atoms. The van der Waals surface area contributed by atoms with Gasteiger partial charge in [0.05, 0.1) is 0 Å². The number of nitrogens with one attached hydrogen (secondary N) is 1. The summed E-state index contributed by atoms with van der Waals surface area (Å²) in [5.41, 5.74) is 5.15. The zero-order valence-electron chi connectivity index (χ0n) is 9.22. The minimum Gasteiger partial charge on any atom is -0.355 e. The number of aromatic amines is 1. The maximum atomic E-state index is 3.90. The number of aromatic nitrogens is 1. The largest absolute Gasteiger partial charge is 0.355 e. The van der Waals surface area contributed by atoms with Gasteiger partial charge in [-0.05, 0) is 37.0 Å². The van der Waals surface area contributed by atoms with Gasteiger partial charge in [0.1, 0.15) is 0 Å². The van der Waals surface area contributed by atoms with Crippen LogP contribution in [0.15, 0.2) is 18.7 Å². The molecular weight excluding hydrogens is 182 g/mol. The van der Waals surface area contributed by atoms with Crippen molar-refractivity contribution in [3.63, 3.8) is 0 Å². The maximum Gasteiger partial charge on any atom is 0.0458 e. The highest BCUT2D eigenvalue weighted by Gasteiger charge is 2.13. The van der Waals surface area contributed by atoms with E-state index in [1.54, 1.807) is 0 Å². The normalized spacial score (nSPS) is 14.5. The molecule has 0 aromatic carbocycles. The SMILES string of the molecule is C=Cc1c(C=CCC)[nH]c2c1CCC=C2. The highest BCUT2D eigenvalue weighted by atomic mass is 14.7. The lowest BCUT2D eigenvalue weighted by Crippen LogP contribution is -1.91. The Morgan fingerprint density at radius 3 is 3.13 bits per heavy atom. The van der Waals surface area contributed by atoms with Crippen molar-refractivity contribution in [3.05, 3.63) is 41.2 Å². The van der Waals surface area contributed by atoms with Gasteiger partial charge in [-0.1, -0.05) is 31.7 Å². The van der Waals surface area contributed by atoms with Crippen molar-refractivity contribution in [2.45, 2.75) is 26.2 Å². The van der Waals surface area contributed by atoms with Gasteiger partial charge in [-0.15, -0.1) is 0 Å². The number of hydrogen-bond acceptors (Lipinski definition) is 0. The van der Waals surface area contributed by atoms with Gasteiger partial charge in [-0.25, -0.2) is 0 Å². The molecule has 0 radical (unpaired) electrons. The van der Waals surface area contributed by atoms with E-state index in [9.17, 15) is 0 Å². The van der Waals surface area contributed by atoms with Gasteiger partial charge in [-0.2, -0.15) is 0 Å². The fraction of sp³-hybridized carbons (Fsp3) is 0.286. The van der Waals surface area contributed by atoms with Crippen molar-refractivity contribution in [2.24, 2.45) is 0 Å². The summed E-state index contributed by atoms with van der Waals surface area (Å²) in [5, 5.41) is 0. The zero-order valence-corrected chi connectivity index (χ0v) is 9.22. The van der Waals surface area contributed by atoms with Gasteiger partial charge in [0.2, 0.25) is 0 Å². The molecule has 1 aliphatic carbocycles. The minimum atomic E-state index is 1.07. The Labute approximate surface area is 91.2 Å². The first-order valence-corrected chi connectivity index (χ1v) is 5.57. The van der Waals surface area contributed by atoms with Crippen LogP contribution in [0.1, 0.15) is 42.3 Å². The van der Waals surface area contributed by atoms with Gasteiger partial charge in [0.15, 0.2) is 0 Å². The number of allylic oxidation sites excluding steroid dienone is 2. The van der Waals surface area contributed by atoms with E-state index in [4.69, 9.17) is 0 Å². The van der Waals surface area contributed by atoms with Crippen LogP contribution in [0.5, 0.6) is 0 Å². The molecule has 1 aromatic rings. The monoisotopic (exact) mass is 199 g/mol. The second kappa shape index (κ2) is 4.35. The van der Waals surface area contributed by atoms with E-state index in [2.05, 4.69) is 42.8 Å². The fourth-order valence-corrected chi connectivity index (χ4v) is 2.04. The minimum absolute atomic E-state index is 1.07. The summed E-state index contributed by atoms with van der Waals surface area (Å²) in [5.74, 6) is 0. The molecule has 0 aliphatic heterocycles. The van der Waals surface area contributed by atoms with E-state index in [-0.39, 0.29) is 0 Å². The number of H-pyrrole nitrogens is 1. The van der Waals surface area contributed by atoms with E-state index < -0.39 is 0 Å². The van der Waals surface area contributed by atoms with Crippen LogP contribution < -0.4 is 0 Å². The summed E-state index contributed by atoms with van der Waals surface area (Å²) in [6.45, 7) is 6.05. The molecule has 0 unspecified atom stereocenters. The standard InChI is InChI=1S/C14H17N/c1-3-5-9-13-11(4-2)12-8-6-7-10-14(12)15-13/h4-5,7,9-10,15H,2-3,6,8H2,1H3. The van der Waals surface area contributed by atoms with Crippen molar-refractivity contribution in [2.75, 3.05) is 0 Å². The average molecular weight is 199 g/mol. The number of hydrogen-bond donors (Lipinski definition) is 1. The zero-order chi connectivity index (χ0) is 10.7. The summed E-state index contributed by atoms with van der Waals surface area (Å²) in [4.78, 5) is 3.44. The van der Waals surface area contributed by atoms with Crippen molar-refractivity contribution in [1.82, 2.24) is 4.98 Å². The molecule has 1 nitrogen and oxygen atoms in total. The summed E-state index contributed by atoms with van der Waals surface area (Å²) < 4.78 is 0. The van der Waals surface area contributed by atoms with E-state index in [0.29, 0.717) is 0 Å². The smallest absolute Gasteiger partial charge is 0.0458 e. The van der Waals surface area contributed by atoms with Crippen molar-refractivity contribution in [1.29, 1.82) is 0 Å². The van der Waals surface area contributed by atoms with Gasteiger partial charge in [-0.3, -0.25) is 0 Å². The molecule has 1 aromatic heterocycles. The van der Waals surface area contributed by atoms with Crippen LogP contribution in [0.2, 0.25) is 0 Å². The molecule has 0 amide bonds. The second-order valence-corrected chi connectivity index (χ2v) is 3.80. The first kappa shape index (κ1) is 10.0. The lowest BCUT2D eigenvalue weighted by molar-refractivity contribution is 0.983. The predicted octanol–water partition coefficient (Wildman–Crippen LogP) is 4.04. The Morgan fingerprint density at radius 1 is 1.53 bits per heavy atom. The Bertz CT molecular complexity index is 419. The topological polar surface area (TPSA) is 15.8 Å². The van der Waals surface area contributed by atoms with Crippen LogP contribution in [0.4, 0.5) is 0 Å². The molecule has 1 N–H and O–H groups in total. The molecule has 0 fully saturated rings. The third kappa shape index (κ3) is 1.82. The van der Waals surface area contributed by atoms with Crippen LogP contribution in [0.25, 0.3) is 18.2 Å². The van der Waals surface area contributed by atoms with E-state index in [1.807, 2.05) is 6.08 Å². The Kier molecular flexibility index (Phi) is 2.91. The van der Waals surface area contributed by atoms with Gasteiger partial charge in [0.25, 0.3) is 0 Å². The number of rotatable bonds is 3. The lowest BCUT2D eigenvalue weighted by atomic mass is 9.99. The van der Waals surface area contributed by atoms with Crippen molar-refractivity contribution >= 4 is 18.2 Å². The Morgan fingerprint density at radius 2 is 2.40 bits per heavy atom. The van der Waals surface area contributed by atoms with Crippen molar-refractivity contribution < 1.29 is 0 Å². The molecule has 15 heavy (non-hydrogen) atoms. The van der Waals surface area contributed by atoms with Crippen LogP contribution in [0, 0.1) is 0 Å². The van der Waals surface area contributed by atoms with Crippen molar-refractivity contribution in [3.8, 4) is 0 Å². The van der Waals surface area contributed by atoms with Crippen LogP contribution in [0.3, 0.4) is 0 Å². The predicted molar refractivity (Wildman–Crippen MR) is 67.6 cm³/mol. The van der Waals surface area contributed by atoms with Gasteiger partial charge < -0.3 is 4.98 Å². The molecule has 0 saturated carbocycles. The Hall–Kier alpha value is -1.50. The average Bonchev–Trinajstić information content (AvgIpc) is 2.63. The molecule has 1 aliphatic rings. The highest BCUT2D eigenvalue weighted by Crippen LogP contribution is 2.27. The molecule has 1 heterocycles. The molecule has 0 saturated heterocycles. The molecule has 1 heteroatoms. The Balaban J connectivity index is 2.47. The number of fused-ring (bicyclic) bond motifs is 1. The summed E-state index contributed by atoms with van der Waals surface area (Å²) in [6, 6.07) is 0. The summed E-state index contributed by atoms with van der Waals surface area (Å²) in [6.07, 6.45) is 14.0. The van der Waals surface area contributed by atoms with Gasteiger partial charge in [0, 0.05) is 17.0 Å². The molecule has 0 atom stereocenters.